The Morgan fingerprint density at radius 2 is 1.88 bits per heavy atom. The monoisotopic (exact) mass is 352 g/mol. The van der Waals surface area contributed by atoms with E-state index in [1.54, 1.807) is 11.3 Å². The fourth-order valence-corrected chi connectivity index (χ4v) is 3.66. The van der Waals surface area contributed by atoms with E-state index in [2.05, 4.69) is 50.7 Å². The Labute approximate surface area is 151 Å². The van der Waals surface area contributed by atoms with Gasteiger partial charge in [0.15, 0.2) is 0 Å². The Balaban J connectivity index is 1.45. The van der Waals surface area contributed by atoms with Gasteiger partial charge in [0.2, 0.25) is 5.13 Å². The summed E-state index contributed by atoms with van der Waals surface area (Å²) >= 11 is 1.61. The van der Waals surface area contributed by atoms with Crippen LogP contribution in [0.25, 0.3) is 10.2 Å². The molecule has 0 atom stereocenters. The lowest BCUT2D eigenvalue weighted by Gasteiger charge is -2.28. The molecule has 2 heterocycles. The van der Waals surface area contributed by atoms with Gasteiger partial charge in [0, 0.05) is 18.8 Å². The van der Waals surface area contributed by atoms with Crippen molar-refractivity contribution in [2.45, 2.75) is 6.92 Å². The summed E-state index contributed by atoms with van der Waals surface area (Å²) in [6.45, 7) is 5.50. The zero-order valence-corrected chi connectivity index (χ0v) is 14.9. The molecule has 25 heavy (non-hydrogen) atoms. The van der Waals surface area contributed by atoms with Crippen molar-refractivity contribution in [3.05, 3.63) is 54.1 Å². The highest BCUT2D eigenvalue weighted by Crippen LogP contribution is 2.25. The maximum Gasteiger partial charge on any atom is 0.204 e. The molecule has 1 aliphatic rings. The number of hydrazone groups is 1. The zero-order chi connectivity index (χ0) is 17.1. The number of anilines is 2. The topological polar surface area (TPSA) is 49.8 Å². The molecule has 0 saturated carbocycles. The highest BCUT2D eigenvalue weighted by Gasteiger charge is 2.11. The van der Waals surface area contributed by atoms with E-state index in [1.165, 1.54) is 5.69 Å². The molecule has 0 radical (unpaired) electrons. The van der Waals surface area contributed by atoms with Gasteiger partial charge in [-0.05, 0) is 36.8 Å². The molecule has 5 nitrogen and oxygen atoms in total. The van der Waals surface area contributed by atoms with Crippen LogP contribution in [0, 0.1) is 0 Å². The number of hydrogen-bond donors (Lipinski definition) is 1. The van der Waals surface area contributed by atoms with Gasteiger partial charge in [0.1, 0.15) is 0 Å². The summed E-state index contributed by atoms with van der Waals surface area (Å²) in [4.78, 5) is 6.88. The predicted molar refractivity (Wildman–Crippen MR) is 105 cm³/mol. The third-order valence-electron chi connectivity index (χ3n) is 4.27. The number of thiazole rings is 1. The molecule has 0 bridgehead atoms. The van der Waals surface area contributed by atoms with Gasteiger partial charge in [-0.2, -0.15) is 5.10 Å². The van der Waals surface area contributed by atoms with Crippen molar-refractivity contribution in [3.8, 4) is 0 Å². The smallest absolute Gasteiger partial charge is 0.204 e. The average Bonchev–Trinajstić information content (AvgIpc) is 3.10. The van der Waals surface area contributed by atoms with Gasteiger partial charge in [-0.25, -0.2) is 4.98 Å². The van der Waals surface area contributed by atoms with E-state index in [9.17, 15) is 0 Å². The van der Waals surface area contributed by atoms with Gasteiger partial charge >= 0.3 is 0 Å². The van der Waals surface area contributed by atoms with Crippen molar-refractivity contribution in [2.24, 2.45) is 5.10 Å². The second-order valence-electron chi connectivity index (χ2n) is 5.94. The Kier molecular flexibility index (Phi) is 4.63. The lowest BCUT2D eigenvalue weighted by atomic mass is 10.1. The van der Waals surface area contributed by atoms with Gasteiger partial charge in [0.25, 0.3) is 0 Å². The standard InChI is InChI=1S/C19H20N4OS/c1-14(21-22-19-20-17-4-2-3-5-18(17)25-19)15-6-8-16(9-7-15)23-10-12-24-13-11-23/h2-9H,10-13H2,1H3,(H,20,22). The van der Waals surface area contributed by atoms with Gasteiger partial charge in [-0.15, -0.1) is 0 Å². The molecular formula is C19H20N4OS. The van der Waals surface area contributed by atoms with Crippen LogP contribution in [-0.4, -0.2) is 37.0 Å². The third kappa shape index (κ3) is 3.65. The zero-order valence-electron chi connectivity index (χ0n) is 14.1. The van der Waals surface area contributed by atoms with Crippen molar-refractivity contribution < 1.29 is 4.74 Å². The number of fused-ring (bicyclic) bond motifs is 1. The van der Waals surface area contributed by atoms with Gasteiger partial charge in [-0.1, -0.05) is 35.6 Å². The second kappa shape index (κ2) is 7.21. The number of ether oxygens (including phenoxy) is 1. The highest BCUT2D eigenvalue weighted by molar-refractivity contribution is 7.22. The summed E-state index contributed by atoms with van der Waals surface area (Å²) in [7, 11) is 0. The third-order valence-corrected chi connectivity index (χ3v) is 5.22. The average molecular weight is 352 g/mol. The number of benzene rings is 2. The minimum Gasteiger partial charge on any atom is -0.378 e. The first-order valence-electron chi connectivity index (χ1n) is 8.38. The number of aromatic nitrogens is 1. The van der Waals surface area contributed by atoms with Crippen LogP contribution in [0.3, 0.4) is 0 Å². The summed E-state index contributed by atoms with van der Waals surface area (Å²) in [6.07, 6.45) is 0. The van der Waals surface area contributed by atoms with E-state index >= 15 is 0 Å². The largest absolute Gasteiger partial charge is 0.378 e. The summed E-state index contributed by atoms with van der Waals surface area (Å²) in [5, 5.41) is 5.29. The molecule has 1 aromatic heterocycles. The van der Waals surface area contributed by atoms with Crippen molar-refractivity contribution in [3.63, 3.8) is 0 Å². The normalized spacial score (nSPS) is 15.6. The van der Waals surface area contributed by atoms with Crippen LogP contribution in [-0.2, 0) is 4.74 Å². The molecule has 128 valence electrons. The fraction of sp³-hybridized carbons (Fsp3) is 0.263. The van der Waals surface area contributed by atoms with Gasteiger partial charge in [-0.3, -0.25) is 5.43 Å². The number of nitrogens with zero attached hydrogens (tertiary/aromatic N) is 3. The first-order valence-corrected chi connectivity index (χ1v) is 9.20. The van der Waals surface area contributed by atoms with Crippen molar-refractivity contribution >= 4 is 38.1 Å². The van der Waals surface area contributed by atoms with E-state index in [1.807, 2.05) is 25.1 Å². The van der Waals surface area contributed by atoms with Crippen LogP contribution in [0.15, 0.2) is 53.6 Å². The van der Waals surface area contributed by atoms with Crippen molar-refractivity contribution in [1.82, 2.24) is 4.98 Å². The molecule has 0 amide bonds. The molecule has 1 N–H and O–H groups in total. The molecular weight excluding hydrogens is 332 g/mol. The summed E-state index contributed by atoms with van der Waals surface area (Å²) in [5.74, 6) is 0. The molecule has 1 fully saturated rings. The molecule has 2 aromatic carbocycles. The minimum atomic E-state index is 0.800. The van der Waals surface area contributed by atoms with Crippen molar-refractivity contribution in [1.29, 1.82) is 0 Å². The quantitative estimate of drug-likeness (QED) is 0.570. The Morgan fingerprint density at radius 1 is 1.12 bits per heavy atom. The summed E-state index contributed by atoms with van der Waals surface area (Å²) in [6, 6.07) is 16.6. The first-order chi connectivity index (χ1) is 12.3. The molecule has 1 saturated heterocycles. The lowest BCUT2D eigenvalue weighted by molar-refractivity contribution is 0.122. The lowest BCUT2D eigenvalue weighted by Crippen LogP contribution is -2.36. The first kappa shape index (κ1) is 16.1. The maximum absolute atomic E-state index is 5.40. The van der Waals surface area contributed by atoms with Crippen LogP contribution in [0.2, 0.25) is 0 Å². The van der Waals surface area contributed by atoms with Crippen LogP contribution < -0.4 is 10.3 Å². The fourth-order valence-electron chi connectivity index (χ4n) is 2.85. The van der Waals surface area contributed by atoms with Crippen LogP contribution in [0.1, 0.15) is 12.5 Å². The number of rotatable bonds is 4. The molecule has 0 aliphatic carbocycles. The summed E-state index contributed by atoms with van der Waals surface area (Å²) < 4.78 is 6.56. The van der Waals surface area contributed by atoms with E-state index in [4.69, 9.17) is 4.74 Å². The van der Waals surface area contributed by atoms with Crippen LogP contribution in [0.5, 0.6) is 0 Å². The Bertz CT molecular complexity index is 849. The van der Waals surface area contributed by atoms with Crippen LogP contribution in [0.4, 0.5) is 10.8 Å². The van der Waals surface area contributed by atoms with E-state index in [-0.39, 0.29) is 0 Å². The number of morpholine rings is 1. The molecule has 6 heteroatoms. The Morgan fingerprint density at radius 3 is 2.64 bits per heavy atom. The van der Waals surface area contributed by atoms with E-state index in [0.29, 0.717) is 0 Å². The number of hydrogen-bond acceptors (Lipinski definition) is 6. The predicted octanol–water partition coefficient (Wildman–Crippen LogP) is 3.97. The molecule has 3 aromatic rings. The van der Waals surface area contributed by atoms with Crippen molar-refractivity contribution in [2.75, 3.05) is 36.6 Å². The van der Waals surface area contributed by atoms with Crippen LogP contribution >= 0.6 is 11.3 Å². The minimum absolute atomic E-state index is 0.800. The van der Waals surface area contributed by atoms with Gasteiger partial charge < -0.3 is 9.64 Å². The molecule has 4 rings (SSSR count). The number of nitrogens with one attached hydrogen (secondary N) is 1. The number of para-hydroxylation sites is 1. The molecule has 0 spiro atoms. The maximum atomic E-state index is 5.40. The highest BCUT2D eigenvalue weighted by atomic mass is 32.1. The molecule has 0 unspecified atom stereocenters. The SMILES string of the molecule is CC(=NNc1nc2ccccc2s1)c1ccc(N2CCOCC2)cc1. The summed E-state index contributed by atoms with van der Waals surface area (Å²) in [5.41, 5.74) is 7.35. The van der Waals surface area contributed by atoms with E-state index < -0.39 is 0 Å². The molecule has 1 aliphatic heterocycles. The second-order valence-corrected chi connectivity index (χ2v) is 6.97. The van der Waals surface area contributed by atoms with E-state index in [0.717, 1.165) is 52.9 Å². The van der Waals surface area contributed by atoms with Gasteiger partial charge in [0.05, 0.1) is 29.1 Å². The Hall–Kier alpha value is -2.44.